The standard InChI is InChI=1S/C18H22N4O3/c1-12-11-22(5-6-25-12)17-4-3-14(8-20-17)9-21-18(24)16-7-15(10-19-16)13(2)23/h3-4,7-8,10,12,19H,5-6,9,11H2,1-2H3,(H,21,24)/t12-/m0/s1. The molecule has 7 heteroatoms. The molecule has 0 aliphatic carbocycles. The lowest BCUT2D eigenvalue weighted by atomic mass is 10.2. The maximum atomic E-state index is 12.1. The summed E-state index contributed by atoms with van der Waals surface area (Å²) >= 11 is 0. The number of aromatic nitrogens is 2. The van der Waals surface area contributed by atoms with Gasteiger partial charge in [-0.25, -0.2) is 4.98 Å². The molecular weight excluding hydrogens is 320 g/mol. The summed E-state index contributed by atoms with van der Waals surface area (Å²) in [5.74, 6) is 0.590. The Balaban J connectivity index is 1.56. The Hall–Kier alpha value is -2.67. The van der Waals surface area contributed by atoms with Crippen LogP contribution >= 0.6 is 0 Å². The number of aromatic amines is 1. The highest BCUT2D eigenvalue weighted by Crippen LogP contribution is 2.15. The van der Waals surface area contributed by atoms with Crippen LogP contribution in [0.1, 0.15) is 40.3 Å². The highest BCUT2D eigenvalue weighted by Gasteiger charge is 2.17. The minimum Gasteiger partial charge on any atom is -0.375 e. The number of pyridine rings is 1. The molecule has 0 bridgehead atoms. The van der Waals surface area contributed by atoms with Crippen LogP contribution in [0.15, 0.2) is 30.6 Å². The quantitative estimate of drug-likeness (QED) is 0.809. The van der Waals surface area contributed by atoms with Gasteiger partial charge in [-0.1, -0.05) is 6.07 Å². The zero-order chi connectivity index (χ0) is 17.8. The van der Waals surface area contributed by atoms with Gasteiger partial charge in [0.2, 0.25) is 0 Å². The van der Waals surface area contributed by atoms with Crippen molar-refractivity contribution in [3.63, 3.8) is 0 Å². The Morgan fingerprint density at radius 3 is 2.92 bits per heavy atom. The number of nitrogens with zero attached hydrogens (tertiary/aromatic N) is 2. The van der Waals surface area contributed by atoms with Crippen LogP contribution in [0.3, 0.4) is 0 Å². The molecule has 3 heterocycles. The van der Waals surface area contributed by atoms with Gasteiger partial charge in [0, 0.05) is 37.6 Å². The number of hydrogen-bond acceptors (Lipinski definition) is 5. The van der Waals surface area contributed by atoms with Gasteiger partial charge in [0.1, 0.15) is 11.5 Å². The molecule has 1 amide bonds. The van der Waals surface area contributed by atoms with Crippen LogP contribution in [-0.4, -0.2) is 47.5 Å². The molecule has 0 spiro atoms. The molecule has 1 atom stereocenters. The normalized spacial score (nSPS) is 17.4. The number of carbonyl (C=O) groups excluding carboxylic acids is 2. The van der Waals surface area contributed by atoms with Gasteiger partial charge in [0.25, 0.3) is 5.91 Å². The molecule has 3 rings (SSSR count). The minimum absolute atomic E-state index is 0.0764. The van der Waals surface area contributed by atoms with Crippen LogP contribution in [-0.2, 0) is 11.3 Å². The van der Waals surface area contributed by atoms with E-state index in [9.17, 15) is 9.59 Å². The average molecular weight is 342 g/mol. The maximum absolute atomic E-state index is 12.1. The molecule has 132 valence electrons. The number of rotatable bonds is 5. The van der Waals surface area contributed by atoms with E-state index in [2.05, 4.69) is 20.2 Å². The third-order valence-electron chi connectivity index (χ3n) is 4.16. The van der Waals surface area contributed by atoms with Gasteiger partial charge >= 0.3 is 0 Å². The van der Waals surface area contributed by atoms with E-state index in [-0.39, 0.29) is 17.8 Å². The van der Waals surface area contributed by atoms with Crippen molar-refractivity contribution in [2.24, 2.45) is 0 Å². The number of H-pyrrole nitrogens is 1. The smallest absolute Gasteiger partial charge is 0.267 e. The SMILES string of the molecule is CC(=O)c1c[nH]c(C(=O)NCc2ccc(N3CCO[C@@H](C)C3)nc2)c1. The van der Waals surface area contributed by atoms with Gasteiger partial charge in [-0.2, -0.15) is 0 Å². The molecule has 1 aliphatic rings. The van der Waals surface area contributed by atoms with Gasteiger partial charge in [-0.3, -0.25) is 9.59 Å². The maximum Gasteiger partial charge on any atom is 0.267 e. The molecule has 1 saturated heterocycles. The number of ketones is 1. The summed E-state index contributed by atoms with van der Waals surface area (Å²) in [6.07, 6.45) is 3.51. The van der Waals surface area contributed by atoms with Crippen molar-refractivity contribution < 1.29 is 14.3 Å². The van der Waals surface area contributed by atoms with Crippen molar-refractivity contribution in [1.29, 1.82) is 0 Å². The topological polar surface area (TPSA) is 87.3 Å². The van der Waals surface area contributed by atoms with Crippen molar-refractivity contribution in [2.45, 2.75) is 26.5 Å². The summed E-state index contributed by atoms with van der Waals surface area (Å²) in [7, 11) is 0. The molecule has 0 aromatic carbocycles. The fourth-order valence-corrected chi connectivity index (χ4v) is 2.74. The third-order valence-corrected chi connectivity index (χ3v) is 4.16. The number of Topliss-reactive ketones (excluding diaryl/α,β-unsaturated/α-hetero) is 1. The lowest BCUT2D eigenvalue weighted by Crippen LogP contribution is -2.41. The second-order valence-corrected chi connectivity index (χ2v) is 6.19. The molecule has 0 unspecified atom stereocenters. The minimum atomic E-state index is -0.251. The average Bonchev–Trinajstić information content (AvgIpc) is 3.11. The van der Waals surface area contributed by atoms with Crippen molar-refractivity contribution in [3.8, 4) is 0 Å². The van der Waals surface area contributed by atoms with Crippen LogP contribution in [0.25, 0.3) is 0 Å². The number of amides is 1. The first-order chi connectivity index (χ1) is 12.0. The van der Waals surface area contributed by atoms with E-state index in [0.29, 0.717) is 24.4 Å². The van der Waals surface area contributed by atoms with E-state index in [1.807, 2.05) is 19.1 Å². The van der Waals surface area contributed by atoms with Crippen LogP contribution in [0.4, 0.5) is 5.82 Å². The highest BCUT2D eigenvalue weighted by atomic mass is 16.5. The van der Waals surface area contributed by atoms with Crippen molar-refractivity contribution in [2.75, 3.05) is 24.6 Å². The van der Waals surface area contributed by atoms with Crippen LogP contribution in [0, 0.1) is 0 Å². The largest absolute Gasteiger partial charge is 0.375 e. The molecule has 25 heavy (non-hydrogen) atoms. The van der Waals surface area contributed by atoms with E-state index in [1.54, 1.807) is 12.3 Å². The van der Waals surface area contributed by atoms with E-state index in [0.717, 1.165) is 24.5 Å². The molecule has 1 aliphatic heterocycles. The Morgan fingerprint density at radius 2 is 2.28 bits per heavy atom. The van der Waals surface area contributed by atoms with Crippen LogP contribution in [0.2, 0.25) is 0 Å². The van der Waals surface area contributed by atoms with E-state index >= 15 is 0 Å². The Morgan fingerprint density at radius 1 is 1.44 bits per heavy atom. The summed E-state index contributed by atoms with van der Waals surface area (Å²) in [4.78, 5) is 32.9. The van der Waals surface area contributed by atoms with Gasteiger partial charge in [-0.15, -0.1) is 0 Å². The summed E-state index contributed by atoms with van der Waals surface area (Å²) in [6.45, 7) is 6.26. The Kier molecular flexibility index (Phi) is 5.14. The Bertz CT molecular complexity index is 754. The third kappa shape index (κ3) is 4.24. The Labute approximate surface area is 146 Å². The summed E-state index contributed by atoms with van der Waals surface area (Å²) < 4.78 is 5.54. The van der Waals surface area contributed by atoms with Gasteiger partial charge in [0.15, 0.2) is 5.78 Å². The van der Waals surface area contributed by atoms with E-state index < -0.39 is 0 Å². The van der Waals surface area contributed by atoms with Gasteiger partial charge in [-0.05, 0) is 31.5 Å². The van der Waals surface area contributed by atoms with Crippen LogP contribution < -0.4 is 10.2 Å². The van der Waals surface area contributed by atoms with Gasteiger partial charge in [0.05, 0.1) is 12.7 Å². The van der Waals surface area contributed by atoms with E-state index in [1.165, 1.54) is 13.1 Å². The molecule has 1 fully saturated rings. The second-order valence-electron chi connectivity index (χ2n) is 6.19. The number of anilines is 1. The predicted molar refractivity (Wildman–Crippen MR) is 93.8 cm³/mol. The molecular formula is C18H22N4O3. The monoisotopic (exact) mass is 342 g/mol. The van der Waals surface area contributed by atoms with Crippen molar-refractivity contribution >= 4 is 17.5 Å². The molecule has 2 N–H and O–H groups in total. The van der Waals surface area contributed by atoms with Crippen molar-refractivity contribution in [3.05, 3.63) is 47.4 Å². The summed E-state index contributed by atoms with van der Waals surface area (Å²) in [6, 6.07) is 5.47. The fourth-order valence-electron chi connectivity index (χ4n) is 2.74. The predicted octanol–water partition coefficient (Wildman–Crippen LogP) is 1.77. The lowest BCUT2D eigenvalue weighted by Gasteiger charge is -2.32. The molecule has 0 saturated carbocycles. The first kappa shape index (κ1) is 17.2. The van der Waals surface area contributed by atoms with E-state index in [4.69, 9.17) is 4.74 Å². The number of morpholine rings is 1. The summed E-state index contributed by atoms with van der Waals surface area (Å²) in [5.41, 5.74) is 1.78. The molecule has 2 aromatic rings. The number of carbonyl (C=O) groups is 2. The summed E-state index contributed by atoms with van der Waals surface area (Å²) in [5, 5.41) is 2.82. The zero-order valence-corrected chi connectivity index (χ0v) is 14.4. The van der Waals surface area contributed by atoms with Crippen LogP contribution in [0.5, 0.6) is 0 Å². The first-order valence-corrected chi connectivity index (χ1v) is 8.32. The second kappa shape index (κ2) is 7.48. The fraction of sp³-hybridized carbons (Fsp3) is 0.389. The zero-order valence-electron chi connectivity index (χ0n) is 14.4. The van der Waals surface area contributed by atoms with Crippen molar-refractivity contribution in [1.82, 2.24) is 15.3 Å². The number of hydrogen-bond donors (Lipinski definition) is 2. The molecule has 2 aromatic heterocycles. The molecule has 7 nitrogen and oxygen atoms in total. The van der Waals surface area contributed by atoms with Gasteiger partial charge < -0.3 is 19.9 Å². The number of ether oxygens (including phenoxy) is 1. The number of nitrogens with one attached hydrogen (secondary N) is 2. The first-order valence-electron chi connectivity index (χ1n) is 8.32. The highest BCUT2D eigenvalue weighted by molar-refractivity contribution is 5.99. The lowest BCUT2D eigenvalue weighted by molar-refractivity contribution is 0.0529. The molecule has 0 radical (unpaired) electrons.